The number of aromatic nitrogens is 1. The molecule has 0 fully saturated rings. The van der Waals surface area contributed by atoms with Gasteiger partial charge in [-0.1, -0.05) is 12.1 Å². The highest BCUT2D eigenvalue weighted by Crippen LogP contribution is 2.33. The molecule has 0 unspecified atom stereocenters. The molecular formula is C12H10FNO2S. The van der Waals surface area contributed by atoms with Gasteiger partial charge in [-0.05, 0) is 25.5 Å². The Labute approximate surface area is 102 Å². The largest absolute Gasteiger partial charge is 0.476 e. The molecule has 0 bridgehead atoms. The number of hydrogen-bond acceptors (Lipinski definition) is 3. The predicted octanol–water partition coefficient (Wildman–Crippen LogP) is 3.26. The first kappa shape index (κ1) is 11.7. The summed E-state index contributed by atoms with van der Waals surface area (Å²) < 4.78 is 13.4. The molecule has 1 aromatic carbocycles. The number of rotatable bonds is 2. The van der Waals surface area contributed by atoms with Gasteiger partial charge in [0, 0.05) is 5.56 Å². The zero-order valence-corrected chi connectivity index (χ0v) is 10.1. The number of benzene rings is 1. The average molecular weight is 251 g/mol. The first-order valence-electron chi connectivity index (χ1n) is 4.97. The summed E-state index contributed by atoms with van der Waals surface area (Å²) in [5.41, 5.74) is 1.02. The van der Waals surface area contributed by atoms with Gasteiger partial charge < -0.3 is 5.11 Å². The fourth-order valence-electron chi connectivity index (χ4n) is 1.61. The Bertz CT molecular complexity index is 592. The molecule has 0 atom stereocenters. The van der Waals surface area contributed by atoms with Crippen LogP contribution in [0.25, 0.3) is 10.4 Å². The van der Waals surface area contributed by atoms with Gasteiger partial charge in [0.05, 0.1) is 9.88 Å². The van der Waals surface area contributed by atoms with Crippen LogP contribution in [0.2, 0.25) is 0 Å². The van der Waals surface area contributed by atoms with E-state index in [9.17, 15) is 9.18 Å². The van der Waals surface area contributed by atoms with Crippen molar-refractivity contribution in [3.05, 3.63) is 40.3 Å². The molecule has 2 aromatic rings. The Morgan fingerprint density at radius 1 is 1.41 bits per heavy atom. The van der Waals surface area contributed by atoms with E-state index in [0.29, 0.717) is 21.0 Å². The lowest BCUT2D eigenvalue weighted by molar-refractivity contribution is 0.0692. The lowest BCUT2D eigenvalue weighted by Crippen LogP contribution is -1.99. The first-order chi connectivity index (χ1) is 8.00. The van der Waals surface area contributed by atoms with Crippen LogP contribution < -0.4 is 0 Å². The van der Waals surface area contributed by atoms with E-state index in [2.05, 4.69) is 4.98 Å². The van der Waals surface area contributed by atoms with Crippen LogP contribution in [0.15, 0.2) is 18.2 Å². The number of carboxylic acids is 1. The second kappa shape index (κ2) is 4.25. The molecule has 0 aliphatic heterocycles. The summed E-state index contributed by atoms with van der Waals surface area (Å²) in [4.78, 5) is 15.5. The number of nitrogens with zero attached hydrogens (tertiary/aromatic N) is 1. The van der Waals surface area contributed by atoms with Crippen LogP contribution in [-0.4, -0.2) is 16.1 Å². The molecule has 1 N–H and O–H groups in total. The Kier molecular flexibility index (Phi) is 2.93. The van der Waals surface area contributed by atoms with Crippen LogP contribution in [0.1, 0.15) is 21.1 Å². The Balaban J connectivity index is 2.68. The van der Waals surface area contributed by atoms with Gasteiger partial charge >= 0.3 is 5.97 Å². The van der Waals surface area contributed by atoms with E-state index in [-0.39, 0.29) is 11.5 Å². The molecule has 17 heavy (non-hydrogen) atoms. The van der Waals surface area contributed by atoms with E-state index in [1.165, 1.54) is 17.4 Å². The van der Waals surface area contributed by atoms with Crippen molar-refractivity contribution in [2.75, 3.05) is 0 Å². The average Bonchev–Trinajstić information content (AvgIpc) is 2.64. The maximum atomic E-state index is 13.4. The van der Waals surface area contributed by atoms with Crippen molar-refractivity contribution >= 4 is 17.3 Å². The molecule has 0 spiro atoms. The van der Waals surface area contributed by atoms with Gasteiger partial charge in [-0.2, -0.15) is 0 Å². The lowest BCUT2D eigenvalue weighted by Gasteiger charge is -2.04. The van der Waals surface area contributed by atoms with Crippen LogP contribution >= 0.6 is 11.3 Å². The minimum absolute atomic E-state index is 0.0128. The number of aryl methyl sites for hydroxylation is 1. The SMILES string of the molecule is Cc1nc(C(=O)O)c(-c2cccc(F)c2C)s1. The Hall–Kier alpha value is -1.75. The first-order valence-corrected chi connectivity index (χ1v) is 5.78. The monoisotopic (exact) mass is 251 g/mol. The second-order valence-electron chi connectivity index (χ2n) is 3.63. The maximum absolute atomic E-state index is 13.4. The second-order valence-corrected chi connectivity index (χ2v) is 4.83. The van der Waals surface area contributed by atoms with Crippen molar-refractivity contribution in [1.29, 1.82) is 0 Å². The van der Waals surface area contributed by atoms with E-state index in [1.807, 2.05) is 0 Å². The summed E-state index contributed by atoms with van der Waals surface area (Å²) in [7, 11) is 0. The van der Waals surface area contributed by atoms with Gasteiger partial charge in [-0.3, -0.25) is 0 Å². The quantitative estimate of drug-likeness (QED) is 0.891. The van der Waals surface area contributed by atoms with Crippen molar-refractivity contribution in [3.8, 4) is 10.4 Å². The minimum Gasteiger partial charge on any atom is -0.476 e. The molecule has 0 radical (unpaired) electrons. The summed E-state index contributed by atoms with van der Waals surface area (Å²) in [5.74, 6) is -1.43. The molecule has 1 aromatic heterocycles. The van der Waals surface area contributed by atoms with Gasteiger partial charge in [0.2, 0.25) is 0 Å². The summed E-state index contributed by atoms with van der Waals surface area (Å²) in [5, 5.41) is 9.70. The molecule has 0 aliphatic rings. The fourth-order valence-corrected chi connectivity index (χ4v) is 2.60. The molecular weight excluding hydrogens is 241 g/mol. The van der Waals surface area contributed by atoms with Crippen LogP contribution in [0, 0.1) is 19.7 Å². The molecule has 5 heteroatoms. The maximum Gasteiger partial charge on any atom is 0.356 e. The number of halogens is 1. The van der Waals surface area contributed by atoms with Gasteiger partial charge in [-0.15, -0.1) is 11.3 Å². The van der Waals surface area contributed by atoms with E-state index in [4.69, 9.17) is 5.11 Å². The van der Waals surface area contributed by atoms with E-state index >= 15 is 0 Å². The highest BCUT2D eigenvalue weighted by atomic mass is 32.1. The van der Waals surface area contributed by atoms with Crippen LogP contribution in [-0.2, 0) is 0 Å². The Morgan fingerprint density at radius 3 is 2.76 bits per heavy atom. The number of carbonyl (C=O) groups is 1. The molecule has 2 rings (SSSR count). The van der Waals surface area contributed by atoms with E-state index in [0.717, 1.165) is 0 Å². The summed E-state index contributed by atoms with van der Waals surface area (Å²) >= 11 is 1.26. The highest BCUT2D eigenvalue weighted by Gasteiger charge is 2.19. The molecule has 88 valence electrons. The third-order valence-electron chi connectivity index (χ3n) is 2.45. The summed E-state index contributed by atoms with van der Waals surface area (Å²) in [6, 6.07) is 4.63. The van der Waals surface area contributed by atoms with Gasteiger partial charge in [0.1, 0.15) is 5.82 Å². The lowest BCUT2D eigenvalue weighted by atomic mass is 10.1. The minimum atomic E-state index is -1.09. The van der Waals surface area contributed by atoms with Crippen LogP contribution in [0.4, 0.5) is 4.39 Å². The highest BCUT2D eigenvalue weighted by molar-refractivity contribution is 7.15. The predicted molar refractivity (Wildman–Crippen MR) is 63.9 cm³/mol. The standard InChI is InChI=1S/C12H10FNO2S/c1-6-8(4-3-5-9(6)13)11-10(12(15)16)14-7(2)17-11/h3-5H,1-2H3,(H,15,16). The molecule has 0 aliphatic carbocycles. The van der Waals surface area contributed by atoms with Crippen LogP contribution in [0.3, 0.4) is 0 Å². The van der Waals surface area contributed by atoms with E-state index < -0.39 is 5.97 Å². The van der Waals surface area contributed by atoms with E-state index in [1.54, 1.807) is 26.0 Å². The molecule has 1 heterocycles. The number of carboxylic acid groups (broad SMARTS) is 1. The number of thiazole rings is 1. The van der Waals surface area contributed by atoms with Crippen molar-refractivity contribution in [3.63, 3.8) is 0 Å². The third kappa shape index (κ3) is 2.06. The van der Waals surface area contributed by atoms with Gasteiger partial charge in [0.15, 0.2) is 5.69 Å². The number of hydrogen-bond donors (Lipinski definition) is 1. The van der Waals surface area contributed by atoms with Gasteiger partial charge in [-0.25, -0.2) is 14.2 Å². The smallest absolute Gasteiger partial charge is 0.356 e. The normalized spacial score (nSPS) is 10.5. The summed E-state index contributed by atoms with van der Waals surface area (Å²) in [6.45, 7) is 3.36. The van der Waals surface area contributed by atoms with Gasteiger partial charge in [0.25, 0.3) is 0 Å². The molecule has 3 nitrogen and oxygen atoms in total. The van der Waals surface area contributed by atoms with Crippen molar-refractivity contribution in [2.24, 2.45) is 0 Å². The zero-order valence-electron chi connectivity index (χ0n) is 9.32. The van der Waals surface area contributed by atoms with Crippen molar-refractivity contribution < 1.29 is 14.3 Å². The topological polar surface area (TPSA) is 50.2 Å². The molecule has 0 saturated heterocycles. The third-order valence-corrected chi connectivity index (χ3v) is 3.45. The Morgan fingerprint density at radius 2 is 2.12 bits per heavy atom. The van der Waals surface area contributed by atoms with Crippen LogP contribution in [0.5, 0.6) is 0 Å². The molecule has 0 amide bonds. The number of aromatic carboxylic acids is 1. The zero-order chi connectivity index (χ0) is 12.6. The summed E-state index contributed by atoms with van der Waals surface area (Å²) in [6.07, 6.45) is 0. The molecule has 0 saturated carbocycles. The fraction of sp³-hybridized carbons (Fsp3) is 0.167. The van der Waals surface area contributed by atoms with Crippen molar-refractivity contribution in [2.45, 2.75) is 13.8 Å². The van der Waals surface area contributed by atoms with Crippen molar-refractivity contribution in [1.82, 2.24) is 4.98 Å².